The van der Waals surface area contributed by atoms with Gasteiger partial charge in [-0.3, -0.25) is 10.1 Å². The predicted molar refractivity (Wildman–Crippen MR) is 45.5 cm³/mol. The summed E-state index contributed by atoms with van der Waals surface area (Å²) in [5.74, 6) is 0. The number of hydrogen-bond donors (Lipinski definition) is 5. The molecule has 1 saturated carbocycles. The van der Waals surface area contributed by atoms with Crippen molar-refractivity contribution in [2.45, 2.75) is 36.4 Å². The molecule has 0 aliphatic heterocycles. The predicted octanol–water partition coefficient (Wildman–Crippen LogP) is -3.16. The Balaban J connectivity index is 3.06. The van der Waals surface area contributed by atoms with Gasteiger partial charge in [-0.2, -0.15) is 0 Å². The number of nitro groups is 1. The van der Waals surface area contributed by atoms with E-state index in [0.717, 1.165) is 0 Å². The van der Waals surface area contributed by atoms with Gasteiger partial charge in [0, 0.05) is 11.3 Å². The van der Waals surface area contributed by atoms with Crippen molar-refractivity contribution in [3.63, 3.8) is 0 Å². The van der Waals surface area contributed by atoms with E-state index in [4.69, 9.17) is 5.11 Å². The van der Waals surface area contributed by atoms with Crippen LogP contribution in [0.4, 0.5) is 0 Å². The molecule has 1 aliphatic rings. The van der Waals surface area contributed by atoms with E-state index in [0.29, 0.717) is 0 Å². The number of rotatable bonds is 2. The molecule has 0 aromatic rings. The first-order chi connectivity index (χ1) is 6.84. The quantitative estimate of drug-likeness (QED) is 0.245. The smallest absolute Gasteiger partial charge is 0.271 e. The highest BCUT2D eigenvalue weighted by Crippen LogP contribution is 2.31. The van der Waals surface area contributed by atoms with Crippen LogP contribution in [-0.4, -0.2) is 67.0 Å². The number of aliphatic hydroxyl groups is 5. The summed E-state index contributed by atoms with van der Waals surface area (Å²) < 4.78 is 0. The van der Waals surface area contributed by atoms with Gasteiger partial charge in [-0.1, -0.05) is 0 Å². The summed E-state index contributed by atoms with van der Waals surface area (Å²) in [6, 6.07) is -1.92. The first kappa shape index (κ1) is 12.3. The Kier molecular flexibility index (Phi) is 3.26. The zero-order valence-corrected chi connectivity index (χ0v) is 7.72. The maximum atomic E-state index is 10.6. The van der Waals surface area contributed by atoms with Crippen LogP contribution < -0.4 is 0 Å². The second-order valence-electron chi connectivity index (χ2n) is 3.69. The highest BCUT2D eigenvalue weighted by Gasteiger charge is 2.60. The molecule has 0 aromatic carbocycles. The van der Waals surface area contributed by atoms with E-state index in [9.17, 15) is 30.5 Å². The Bertz CT molecular complexity index is 260. The van der Waals surface area contributed by atoms with Crippen LogP contribution in [0.1, 0.15) is 6.42 Å². The van der Waals surface area contributed by atoms with Gasteiger partial charge in [-0.05, 0) is 0 Å². The second-order valence-corrected chi connectivity index (χ2v) is 3.69. The first-order valence-electron chi connectivity index (χ1n) is 4.35. The van der Waals surface area contributed by atoms with Crippen molar-refractivity contribution in [2.24, 2.45) is 0 Å². The van der Waals surface area contributed by atoms with E-state index in [-0.39, 0.29) is 0 Å². The highest BCUT2D eigenvalue weighted by atomic mass is 16.6. The normalized spacial score (nSPS) is 46.5. The number of hydrogen-bond acceptors (Lipinski definition) is 7. The fourth-order valence-electron chi connectivity index (χ4n) is 1.86. The third kappa shape index (κ3) is 1.82. The molecule has 5 N–H and O–H groups in total. The lowest BCUT2D eigenvalue weighted by Gasteiger charge is -2.41. The number of aliphatic hydroxyl groups excluding tert-OH is 4. The Morgan fingerprint density at radius 1 is 1.33 bits per heavy atom. The van der Waals surface area contributed by atoms with Gasteiger partial charge in [0.05, 0.1) is 12.7 Å². The summed E-state index contributed by atoms with van der Waals surface area (Å²) in [7, 11) is 0. The molecule has 0 bridgehead atoms. The zero-order chi connectivity index (χ0) is 11.8. The van der Waals surface area contributed by atoms with Gasteiger partial charge in [0.25, 0.3) is 6.04 Å². The first-order valence-corrected chi connectivity index (χ1v) is 4.35. The van der Waals surface area contributed by atoms with Crippen molar-refractivity contribution >= 4 is 0 Å². The van der Waals surface area contributed by atoms with Crippen LogP contribution in [0, 0.1) is 10.1 Å². The Hall–Kier alpha value is -0.800. The zero-order valence-electron chi connectivity index (χ0n) is 7.72. The molecule has 0 saturated heterocycles. The molecule has 15 heavy (non-hydrogen) atoms. The molecular weight excluding hydrogens is 210 g/mol. The SMILES string of the molecule is O=[N+]([O-])[C@H]1[C@H](O)C[C@@H](O)[C@H](O)[C@]1(O)CO. The van der Waals surface area contributed by atoms with Gasteiger partial charge in [0.2, 0.25) is 0 Å². The minimum atomic E-state index is -2.53. The van der Waals surface area contributed by atoms with Gasteiger partial charge in [-0.25, -0.2) is 0 Å². The third-order valence-corrected chi connectivity index (χ3v) is 2.72. The molecule has 0 radical (unpaired) electrons. The summed E-state index contributed by atoms with van der Waals surface area (Å²) in [4.78, 5) is 9.60. The van der Waals surface area contributed by atoms with E-state index in [2.05, 4.69) is 0 Å². The van der Waals surface area contributed by atoms with Gasteiger partial charge in [0.15, 0.2) is 5.60 Å². The molecular formula is C7H13NO7. The number of nitrogens with zero attached hydrogens (tertiary/aromatic N) is 1. The molecule has 1 aliphatic carbocycles. The molecule has 88 valence electrons. The maximum Gasteiger partial charge on any atom is 0.271 e. The van der Waals surface area contributed by atoms with Gasteiger partial charge >= 0.3 is 0 Å². The van der Waals surface area contributed by atoms with Crippen molar-refractivity contribution < 1.29 is 30.5 Å². The molecule has 1 rings (SSSR count). The molecule has 0 unspecified atom stereocenters. The van der Waals surface area contributed by atoms with Crippen LogP contribution in [0.15, 0.2) is 0 Å². The molecule has 0 aromatic heterocycles. The Labute approximate surface area is 84.5 Å². The monoisotopic (exact) mass is 223 g/mol. The fourth-order valence-corrected chi connectivity index (χ4v) is 1.86. The van der Waals surface area contributed by atoms with Gasteiger partial charge < -0.3 is 25.5 Å². The average molecular weight is 223 g/mol. The van der Waals surface area contributed by atoms with Crippen molar-refractivity contribution in [2.75, 3.05) is 6.61 Å². The molecule has 1 fully saturated rings. The van der Waals surface area contributed by atoms with E-state index in [1.165, 1.54) is 0 Å². The molecule has 5 atom stereocenters. The van der Waals surface area contributed by atoms with E-state index in [1.54, 1.807) is 0 Å². The largest absolute Gasteiger partial charge is 0.393 e. The van der Waals surface area contributed by atoms with Crippen molar-refractivity contribution in [3.8, 4) is 0 Å². The van der Waals surface area contributed by atoms with Crippen molar-refractivity contribution in [3.05, 3.63) is 10.1 Å². The molecule has 0 amide bonds. The lowest BCUT2D eigenvalue weighted by Crippen LogP contribution is -2.69. The topological polar surface area (TPSA) is 144 Å². The van der Waals surface area contributed by atoms with Crippen molar-refractivity contribution in [1.82, 2.24) is 0 Å². The summed E-state index contributed by atoms with van der Waals surface area (Å²) in [5, 5.41) is 56.9. The molecule has 8 heteroatoms. The minimum absolute atomic E-state index is 0.422. The maximum absolute atomic E-state index is 10.6. The summed E-state index contributed by atoms with van der Waals surface area (Å²) in [6.07, 6.45) is -5.40. The molecule has 0 spiro atoms. The third-order valence-electron chi connectivity index (χ3n) is 2.72. The van der Waals surface area contributed by atoms with Crippen LogP contribution in [0.5, 0.6) is 0 Å². The summed E-state index contributed by atoms with van der Waals surface area (Å²) >= 11 is 0. The summed E-state index contributed by atoms with van der Waals surface area (Å²) in [5.41, 5.74) is -2.53. The standard InChI is InChI=1S/C7H13NO7/c9-2-7(13)5(8(14)15)3(10)1-4(11)6(7)12/h3-6,9-13H,1-2H2/t3-,4-,5+,6+,7+/m1/s1. The molecule has 8 nitrogen and oxygen atoms in total. The van der Waals surface area contributed by atoms with E-state index in [1.807, 2.05) is 0 Å². The Morgan fingerprint density at radius 2 is 1.87 bits per heavy atom. The lowest BCUT2D eigenvalue weighted by molar-refractivity contribution is -0.568. The summed E-state index contributed by atoms with van der Waals surface area (Å²) in [6.45, 7) is -1.12. The van der Waals surface area contributed by atoms with Crippen LogP contribution in [0.25, 0.3) is 0 Å². The van der Waals surface area contributed by atoms with Crippen LogP contribution >= 0.6 is 0 Å². The van der Waals surface area contributed by atoms with E-state index < -0.39 is 47.9 Å². The fraction of sp³-hybridized carbons (Fsp3) is 1.00. The average Bonchev–Trinajstić information content (AvgIpc) is 2.13. The minimum Gasteiger partial charge on any atom is -0.393 e. The molecule has 0 heterocycles. The van der Waals surface area contributed by atoms with E-state index >= 15 is 0 Å². The van der Waals surface area contributed by atoms with Gasteiger partial charge in [-0.15, -0.1) is 0 Å². The van der Waals surface area contributed by atoms with Crippen LogP contribution in [0.3, 0.4) is 0 Å². The van der Waals surface area contributed by atoms with Crippen LogP contribution in [-0.2, 0) is 0 Å². The lowest BCUT2D eigenvalue weighted by atomic mass is 9.75. The second kappa shape index (κ2) is 3.99. The Morgan fingerprint density at radius 3 is 2.27 bits per heavy atom. The van der Waals surface area contributed by atoms with Crippen molar-refractivity contribution in [1.29, 1.82) is 0 Å². The van der Waals surface area contributed by atoms with Gasteiger partial charge in [0.1, 0.15) is 12.2 Å². The highest BCUT2D eigenvalue weighted by molar-refractivity contribution is 5.04. The van der Waals surface area contributed by atoms with Crippen LogP contribution in [0.2, 0.25) is 0 Å².